The number of oxime groups is 1. The highest BCUT2D eigenvalue weighted by molar-refractivity contribution is 5.95. The summed E-state index contributed by atoms with van der Waals surface area (Å²) < 4.78 is 11.0. The second-order valence-corrected chi connectivity index (χ2v) is 7.48. The Balaban J connectivity index is 1.74. The van der Waals surface area contributed by atoms with Gasteiger partial charge in [0.25, 0.3) is 5.91 Å². The minimum Gasteiger partial charge on any atom is -0.493 e. The van der Waals surface area contributed by atoms with E-state index in [9.17, 15) is 9.59 Å². The van der Waals surface area contributed by atoms with E-state index in [-0.39, 0.29) is 12.6 Å². The fraction of sp³-hybridized carbons (Fsp3) is 0.571. The summed E-state index contributed by atoms with van der Waals surface area (Å²) in [7, 11) is 1.57. The van der Waals surface area contributed by atoms with Gasteiger partial charge in [-0.25, -0.2) is 4.79 Å². The number of amides is 3. The van der Waals surface area contributed by atoms with Crippen molar-refractivity contribution >= 4 is 18.2 Å². The Morgan fingerprint density at radius 2 is 1.97 bits per heavy atom. The molecule has 0 saturated heterocycles. The second kappa shape index (κ2) is 11.9. The monoisotopic (exact) mass is 405 g/mol. The van der Waals surface area contributed by atoms with E-state index in [1.165, 1.54) is 12.6 Å². The van der Waals surface area contributed by atoms with Gasteiger partial charge in [-0.3, -0.25) is 10.1 Å². The Bertz CT molecular complexity index is 700. The molecule has 8 nitrogen and oxygen atoms in total. The molecule has 0 aromatic heterocycles. The number of imide groups is 1. The highest BCUT2D eigenvalue weighted by Gasteiger charge is 2.17. The summed E-state index contributed by atoms with van der Waals surface area (Å²) in [5.41, 5.74) is 0.731. The maximum absolute atomic E-state index is 11.8. The molecule has 3 amide bonds. The summed E-state index contributed by atoms with van der Waals surface area (Å²) in [4.78, 5) is 28.6. The molecule has 0 heterocycles. The Kier molecular flexibility index (Phi) is 9.27. The summed E-state index contributed by atoms with van der Waals surface area (Å²) in [5.74, 6) is 1.10. The number of hydrogen-bond acceptors (Lipinski definition) is 6. The van der Waals surface area contributed by atoms with E-state index in [2.05, 4.69) is 29.6 Å². The van der Waals surface area contributed by atoms with Gasteiger partial charge in [-0.15, -0.1) is 0 Å². The van der Waals surface area contributed by atoms with Crippen molar-refractivity contribution in [2.75, 3.05) is 20.3 Å². The molecule has 0 spiro atoms. The molecule has 1 aromatic rings. The summed E-state index contributed by atoms with van der Waals surface area (Å²) >= 11 is 0. The minimum atomic E-state index is -0.550. The van der Waals surface area contributed by atoms with Gasteiger partial charge in [0.1, 0.15) is 0 Å². The van der Waals surface area contributed by atoms with Crippen molar-refractivity contribution in [2.24, 2.45) is 11.1 Å². The average Bonchev–Trinajstić information content (AvgIpc) is 2.70. The molecule has 0 aliphatic heterocycles. The summed E-state index contributed by atoms with van der Waals surface area (Å²) in [6, 6.07) is 5.02. The van der Waals surface area contributed by atoms with Gasteiger partial charge in [-0.05, 0) is 37.0 Å². The molecule has 1 saturated carbocycles. The van der Waals surface area contributed by atoms with E-state index in [0.717, 1.165) is 31.2 Å². The molecule has 1 fully saturated rings. The molecular formula is C21H31N3O5. The van der Waals surface area contributed by atoms with Crippen LogP contribution in [0, 0.1) is 5.92 Å². The minimum absolute atomic E-state index is 0.137. The van der Waals surface area contributed by atoms with E-state index < -0.39 is 11.9 Å². The Morgan fingerprint density at radius 1 is 1.21 bits per heavy atom. The van der Waals surface area contributed by atoms with E-state index in [1.807, 2.05) is 6.07 Å². The normalized spacial score (nSPS) is 14.6. The summed E-state index contributed by atoms with van der Waals surface area (Å²) in [6.07, 6.45) is 6.77. The number of nitrogens with one attached hydrogen (secondary N) is 2. The van der Waals surface area contributed by atoms with Crippen LogP contribution in [0.15, 0.2) is 23.4 Å². The molecule has 2 rings (SSSR count). The third kappa shape index (κ3) is 8.41. The molecule has 8 heteroatoms. The van der Waals surface area contributed by atoms with E-state index in [4.69, 9.17) is 14.3 Å². The zero-order chi connectivity index (χ0) is 21.1. The number of ether oxygens (including phenoxy) is 2. The van der Waals surface area contributed by atoms with Crippen molar-refractivity contribution in [3.8, 4) is 11.5 Å². The largest absolute Gasteiger partial charge is 0.493 e. The first-order valence-electron chi connectivity index (χ1n) is 10.0. The quantitative estimate of drug-likeness (QED) is 0.485. The third-order valence-electron chi connectivity index (χ3n) is 4.43. The van der Waals surface area contributed by atoms with Gasteiger partial charge in [-0.2, -0.15) is 0 Å². The highest BCUT2D eigenvalue weighted by Crippen LogP contribution is 2.28. The third-order valence-corrected chi connectivity index (χ3v) is 4.43. The second-order valence-electron chi connectivity index (χ2n) is 7.48. The van der Waals surface area contributed by atoms with Crippen LogP contribution >= 0.6 is 0 Å². The van der Waals surface area contributed by atoms with Gasteiger partial charge in [0.2, 0.25) is 0 Å². The molecule has 160 valence electrons. The zero-order valence-corrected chi connectivity index (χ0v) is 17.4. The standard InChI is InChI=1S/C21H31N3O5/c1-15(2)13-28-18-10-9-16(11-19(18)27-3)12-22-29-14-20(25)24-21(26)23-17-7-5-4-6-8-17/h9-12,15,17H,4-8,13-14H2,1-3H3,(H2,23,24,25,26)/b22-12-. The first-order chi connectivity index (χ1) is 14.0. The lowest BCUT2D eigenvalue weighted by atomic mass is 9.96. The molecule has 0 atom stereocenters. The summed E-state index contributed by atoms with van der Waals surface area (Å²) in [6.45, 7) is 4.39. The number of methoxy groups -OCH3 is 1. The Morgan fingerprint density at radius 3 is 2.66 bits per heavy atom. The number of carbonyl (C=O) groups is 2. The van der Waals surface area contributed by atoms with Crippen molar-refractivity contribution in [3.63, 3.8) is 0 Å². The lowest BCUT2D eigenvalue weighted by Crippen LogP contribution is -2.46. The van der Waals surface area contributed by atoms with Gasteiger partial charge >= 0.3 is 6.03 Å². The Hall–Kier alpha value is -2.77. The van der Waals surface area contributed by atoms with Crippen LogP contribution in [0.3, 0.4) is 0 Å². The van der Waals surface area contributed by atoms with Crippen molar-refractivity contribution in [3.05, 3.63) is 23.8 Å². The number of urea groups is 1. The van der Waals surface area contributed by atoms with Crippen LogP contribution in [-0.4, -0.2) is 44.5 Å². The topological polar surface area (TPSA) is 98.3 Å². The van der Waals surface area contributed by atoms with E-state index in [0.29, 0.717) is 24.0 Å². The highest BCUT2D eigenvalue weighted by atomic mass is 16.6. The lowest BCUT2D eigenvalue weighted by Gasteiger charge is -2.22. The predicted octanol–water partition coefficient (Wildman–Crippen LogP) is 3.24. The van der Waals surface area contributed by atoms with Crippen molar-refractivity contribution in [1.82, 2.24) is 10.6 Å². The predicted molar refractivity (Wildman–Crippen MR) is 110 cm³/mol. The van der Waals surface area contributed by atoms with E-state index >= 15 is 0 Å². The first kappa shape index (κ1) is 22.5. The van der Waals surface area contributed by atoms with Gasteiger partial charge in [0.05, 0.1) is 19.9 Å². The smallest absolute Gasteiger partial charge is 0.321 e. The molecule has 29 heavy (non-hydrogen) atoms. The fourth-order valence-electron chi connectivity index (χ4n) is 2.97. The van der Waals surface area contributed by atoms with Crippen LogP contribution in [0.2, 0.25) is 0 Å². The van der Waals surface area contributed by atoms with Crippen molar-refractivity contribution < 1.29 is 23.9 Å². The zero-order valence-electron chi connectivity index (χ0n) is 17.4. The molecular weight excluding hydrogens is 374 g/mol. The molecule has 2 N–H and O–H groups in total. The van der Waals surface area contributed by atoms with Crippen LogP contribution in [0.1, 0.15) is 51.5 Å². The molecule has 1 aliphatic rings. The number of benzene rings is 1. The van der Waals surface area contributed by atoms with Crippen LogP contribution in [0.5, 0.6) is 11.5 Å². The average molecular weight is 405 g/mol. The molecule has 0 bridgehead atoms. The number of nitrogens with zero attached hydrogens (tertiary/aromatic N) is 1. The molecule has 0 unspecified atom stereocenters. The molecule has 1 aliphatic carbocycles. The molecule has 0 radical (unpaired) electrons. The van der Waals surface area contributed by atoms with Gasteiger partial charge < -0.3 is 19.6 Å². The number of rotatable bonds is 9. The van der Waals surface area contributed by atoms with Crippen LogP contribution in [-0.2, 0) is 9.63 Å². The lowest BCUT2D eigenvalue weighted by molar-refractivity contribution is -0.124. The maximum atomic E-state index is 11.8. The summed E-state index contributed by atoms with van der Waals surface area (Å²) in [5, 5.41) is 8.83. The van der Waals surface area contributed by atoms with Crippen molar-refractivity contribution in [2.45, 2.75) is 52.0 Å². The van der Waals surface area contributed by atoms with Gasteiger partial charge in [0.15, 0.2) is 18.1 Å². The SMILES string of the molecule is COc1cc(/C=N\OCC(=O)NC(=O)NC2CCCCC2)ccc1OCC(C)C. The Labute approximate surface area is 172 Å². The van der Waals surface area contributed by atoms with Crippen LogP contribution in [0.25, 0.3) is 0 Å². The van der Waals surface area contributed by atoms with Gasteiger partial charge in [-0.1, -0.05) is 38.3 Å². The number of carbonyl (C=O) groups excluding carboxylic acids is 2. The maximum Gasteiger partial charge on any atom is 0.321 e. The van der Waals surface area contributed by atoms with Crippen molar-refractivity contribution in [1.29, 1.82) is 0 Å². The fourth-order valence-corrected chi connectivity index (χ4v) is 2.97. The van der Waals surface area contributed by atoms with Crippen LogP contribution in [0.4, 0.5) is 4.79 Å². The van der Waals surface area contributed by atoms with E-state index in [1.54, 1.807) is 19.2 Å². The molecule has 1 aromatic carbocycles. The van der Waals surface area contributed by atoms with Gasteiger partial charge in [0, 0.05) is 11.6 Å². The first-order valence-corrected chi connectivity index (χ1v) is 10.0. The number of hydrogen-bond donors (Lipinski definition) is 2. The van der Waals surface area contributed by atoms with Crippen LogP contribution < -0.4 is 20.1 Å².